The molecule has 1 N–H and O–H groups in total. The van der Waals surface area contributed by atoms with Crippen molar-refractivity contribution in [2.75, 3.05) is 21.3 Å². The van der Waals surface area contributed by atoms with Crippen molar-refractivity contribution in [2.45, 2.75) is 19.5 Å². The number of rotatable bonds is 6. The van der Waals surface area contributed by atoms with E-state index in [1.54, 1.807) is 21.1 Å². The van der Waals surface area contributed by atoms with Gasteiger partial charge in [0.25, 0.3) is 0 Å². The molecule has 100 valence electrons. The molecule has 0 aliphatic rings. The number of carbonyl (C=O) groups excluding carboxylic acids is 1. The summed E-state index contributed by atoms with van der Waals surface area (Å²) < 4.78 is 15.0. The molecule has 5 nitrogen and oxygen atoms in total. The second-order valence-electron chi connectivity index (χ2n) is 3.82. The molecule has 5 heteroatoms. The third-order valence-electron chi connectivity index (χ3n) is 2.62. The zero-order valence-corrected chi connectivity index (χ0v) is 11.1. The van der Waals surface area contributed by atoms with Crippen LogP contribution in [-0.2, 0) is 16.1 Å². The first-order valence-corrected chi connectivity index (χ1v) is 5.64. The molecule has 18 heavy (non-hydrogen) atoms. The lowest BCUT2D eigenvalue weighted by atomic mass is 10.2. The van der Waals surface area contributed by atoms with Crippen molar-refractivity contribution in [3.05, 3.63) is 23.8 Å². The van der Waals surface area contributed by atoms with Crippen LogP contribution in [0.5, 0.6) is 11.5 Å². The molecule has 0 saturated carbocycles. The van der Waals surface area contributed by atoms with Crippen LogP contribution >= 0.6 is 0 Å². The zero-order chi connectivity index (χ0) is 13.5. The molecule has 0 heterocycles. The number of ether oxygens (including phenoxy) is 3. The molecule has 0 fully saturated rings. The molecule has 1 aromatic rings. The minimum absolute atomic E-state index is 0.282. The van der Waals surface area contributed by atoms with Gasteiger partial charge in [-0.3, -0.25) is 4.79 Å². The van der Waals surface area contributed by atoms with Gasteiger partial charge in [0.05, 0.1) is 21.3 Å². The number of methoxy groups -OCH3 is 3. The van der Waals surface area contributed by atoms with Crippen molar-refractivity contribution >= 4 is 5.97 Å². The number of hydrogen-bond donors (Lipinski definition) is 1. The highest BCUT2D eigenvalue weighted by Crippen LogP contribution is 2.27. The largest absolute Gasteiger partial charge is 0.493 e. The van der Waals surface area contributed by atoms with Crippen LogP contribution in [0.3, 0.4) is 0 Å². The Hall–Kier alpha value is -1.75. The first kappa shape index (κ1) is 14.3. The van der Waals surface area contributed by atoms with Crippen LogP contribution in [-0.4, -0.2) is 33.3 Å². The molecule has 0 amide bonds. The van der Waals surface area contributed by atoms with Gasteiger partial charge in [0.1, 0.15) is 6.04 Å². The van der Waals surface area contributed by atoms with Gasteiger partial charge in [-0.1, -0.05) is 6.07 Å². The molecule has 0 aliphatic heterocycles. The molecule has 0 radical (unpaired) electrons. The predicted molar refractivity (Wildman–Crippen MR) is 67.9 cm³/mol. The van der Waals surface area contributed by atoms with E-state index in [0.29, 0.717) is 18.0 Å². The monoisotopic (exact) mass is 253 g/mol. The smallest absolute Gasteiger partial charge is 0.322 e. The molecule has 1 aromatic carbocycles. The van der Waals surface area contributed by atoms with Crippen LogP contribution in [0.4, 0.5) is 0 Å². The summed E-state index contributed by atoms with van der Waals surface area (Å²) in [6, 6.07) is 5.27. The van der Waals surface area contributed by atoms with E-state index in [4.69, 9.17) is 9.47 Å². The van der Waals surface area contributed by atoms with Crippen LogP contribution in [0.2, 0.25) is 0 Å². The molecule has 0 bridgehead atoms. The van der Waals surface area contributed by atoms with Gasteiger partial charge in [0.2, 0.25) is 0 Å². The van der Waals surface area contributed by atoms with Crippen molar-refractivity contribution < 1.29 is 19.0 Å². The van der Waals surface area contributed by atoms with Crippen LogP contribution in [0.15, 0.2) is 18.2 Å². The predicted octanol–water partition coefficient (Wildman–Crippen LogP) is 1.35. The highest BCUT2D eigenvalue weighted by atomic mass is 16.5. The maximum Gasteiger partial charge on any atom is 0.322 e. The fourth-order valence-corrected chi connectivity index (χ4v) is 1.52. The van der Waals surface area contributed by atoms with Crippen molar-refractivity contribution in [2.24, 2.45) is 0 Å². The van der Waals surface area contributed by atoms with E-state index >= 15 is 0 Å². The first-order chi connectivity index (χ1) is 8.62. The maximum absolute atomic E-state index is 11.2. The van der Waals surface area contributed by atoms with E-state index in [9.17, 15) is 4.79 Å². The Kier molecular flexibility index (Phi) is 5.45. The number of hydrogen-bond acceptors (Lipinski definition) is 5. The van der Waals surface area contributed by atoms with E-state index in [2.05, 4.69) is 10.1 Å². The Morgan fingerprint density at radius 2 is 1.89 bits per heavy atom. The quantitative estimate of drug-likeness (QED) is 0.776. The van der Waals surface area contributed by atoms with E-state index in [0.717, 1.165) is 5.56 Å². The number of benzene rings is 1. The second-order valence-corrected chi connectivity index (χ2v) is 3.82. The molecule has 0 aromatic heterocycles. The fraction of sp³-hybridized carbons (Fsp3) is 0.462. The Bertz CT molecular complexity index is 406. The molecule has 1 rings (SSSR count). The van der Waals surface area contributed by atoms with Gasteiger partial charge in [0.15, 0.2) is 11.5 Å². The Morgan fingerprint density at radius 3 is 2.44 bits per heavy atom. The first-order valence-electron chi connectivity index (χ1n) is 5.64. The van der Waals surface area contributed by atoms with Gasteiger partial charge in [-0.25, -0.2) is 0 Å². The molecular weight excluding hydrogens is 234 g/mol. The molecule has 1 atom stereocenters. The Balaban J connectivity index is 2.65. The molecule has 0 aliphatic carbocycles. The number of esters is 1. The molecule has 0 unspecified atom stereocenters. The van der Waals surface area contributed by atoms with E-state index in [1.807, 2.05) is 18.2 Å². The normalized spacial score (nSPS) is 11.8. The average Bonchev–Trinajstić information content (AvgIpc) is 2.43. The lowest BCUT2D eigenvalue weighted by Gasteiger charge is -2.13. The fourth-order valence-electron chi connectivity index (χ4n) is 1.52. The standard InChI is InChI=1S/C13H19NO4/c1-9(13(15)18-4)14-8-10-5-6-11(16-2)12(7-10)17-3/h5-7,9,14H,8H2,1-4H3/t9-/m0/s1. The van der Waals surface area contributed by atoms with Crippen LogP contribution in [0.25, 0.3) is 0 Å². The summed E-state index contributed by atoms with van der Waals surface area (Å²) in [5.41, 5.74) is 1.00. The van der Waals surface area contributed by atoms with Crippen molar-refractivity contribution in [1.29, 1.82) is 0 Å². The van der Waals surface area contributed by atoms with Crippen LogP contribution < -0.4 is 14.8 Å². The zero-order valence-electron chi connectivity index (χ0n) is 11.1. The molecular formula is C13H19NO4. The SMILES string of the molecule is COC(=O)[C@H](C)NCc1ccc(OC)c(OC)c1. The highest BCUT2D eigenvalue weighted by Gasteiger charge is 2.12. The highest BCUT2D eigenvalue weighted by molar-refractivity contribution is 5.75. The third kappa shape index (κ3) is 3.63. The summed E-state index contributed by atoms with van der Waals surface area (Å²) >= 11 is 0. The van der Waals surface area contributed by atoms with E-state index < -0.39 is 0 Å². The van der Waals surface area contributed by atoms with Gasteiger partial charge < -0.3 is 19.5 Å². The lowest BCUT2D eigenvalue weighted by molar-refractivity contribution is -0.142. The number of carbonyl (C=O) groups is 1. The minimum Gasteiger partial charge on any atom is -0.493 e. The molecule has 0 spiro atoms. The van der Waals surface area contributed by atoms with Crippen molar-refractivity contribution in [1.82, 2.24) is 5.32 Å². The number of nitrogens with one attached hydrogen (secondary N) is 1. The van der Waals surface area contributed by atoms with Gasteiger partial charge >= 0.3 is 5.97 Å². The van der Waals surface area contributed by atoms with Gasteiger partial charge in [0, 0.05) is 6.54 Å². The van der Waals surface area contributed by atoms with Gasteiger partial charge in [-0.15, -0.1) is 0 Å². The summed E-state index contributed by atoms with van der Waals surface area (Å²) in [6.07, 6.45) is 0. The summed E-state index contributed by atoms with van der Waals surface area (Å²) in [5.74, 6) is 1.07. The Labute approximate surface area is 107 Å². The van der Waals surface area contributed by atoms with E-state index in [1.165, 1.54) is 7.11 Å². The van der Waals surface area contributed by atoms with Gasteiger partial charge in [-0.2, -0.15) is 0 Å². The van der Waals surface area contributed by atoms with Crippen molar-refractivity contribution in [3.8, 4) is 11.5 Å². The van der Waals surface area contributed by atoms with E-state index in [-0.39, 0.29) is 12.0 Å². The molecule has 0 saturated heterocycles. The minimum atomic E-state index is -0.344. The second kappa shape index (κ2) is 6.86. The third-order valence-corrected chi connectivity index (χ3v) is 2.62. The van der Waals surface area contributed by atoms with Gasteiger partial charge in [-0.05, 0) is 24.6 Å². The van der Waals surface area contributed by atoms with Crippen LogP contribution in [0, 0.1) is 0 Å². The summed E-state index contributed by atoms with van der Waals surface area (Å²) in [4.78, 5) is 11.2. The summed E-state index contributed by atoms with van der Waals surface area (Å²) in [5, 5.41) is 3.07. The summed E-state index contributed by atoms with van der Waals surface area (Å²) in [6.45, 7) is 2.31. The summed E-state index contributed by atoms with van der Waals surface area (Å²) in [7, 11) is 4.55. The average molecular weight is 253 g/mol. The van der Waals surface area contributed by atoms with Crippen molar-refractivity contribution in [3.63, 3.8) is 0 Å². The maximum atomic E-state index is 11.2. The lowest BCUT2D eigenvalue weighted by Crippen LogP contribution is -2.34. The van der Waals surface area contributed by atoms with Crippen LogP contribution in [0.1, 0.15) is 12.5 Å². The Morgan fingerprint density at radius 1 is 1.22 bits per heavy atom. The topological polar surface area (TPSA) is 56.8 Å².